The SMILES string of the molecule is CN=C(NCCN1CCSCC1)NCc1ccn(C)c1.I. The first-order valence-corrected chi connectivity index (χ1v) is 8.29. The lowest BCUT2D eigenvalue weighted by molar-refractivity contribution is 0.307. The first kappa shape index (κ1) is 18.6. The zero-order valence-electron chi connectivity index (χ0n) is 12.8. The molecule has 1 aromatic heterocycles. The zero-order valence-corrected chi connectivity index (χ0v) is 16.0. The summed E-state index contributed by atoms with van der Waals surface area (Å²) in [5, 5.41) is 6.72. The van der Waals surface area contributed by atoms with Gasteiger partial charge in [-0.05, 0) is 11.6 Å². The van der Waals surface area contributed by atoms with Crippen LogP contribution in [0, 0.1) is 0 Å². The minimum absolute atomic E-state index is 0. The molecule has 1 aliphatic rings. The van der Waals surface area contributed by atoms with E-state index in [1.165, 1.54) is 30.2 Å². The van der Waals surface area contributed by atoms with E-state index in [1.807, 2.05) is 14.1 Å². The summed E-state index contributed by atoms with van der Waals surface area (Å²) in [6, 6.07) is 2.12. The molecule has 1 saturated heterocycles. The van der Waals surface area contributed by atoms with Crippen molar-refractivity contribution in [2.45, 2.75) is 6.54 Å². The monoisotopic (exact) mass is 423 g/mol. The van der Waals surface area contributed by atoms with Gasteiger partial charge >= 0.3 is 0 Å². The standard InChI is InChI=1S/C14H25N5S.HI/c1-15-14(17-11-13-3-5-18(2)12-13)16-4-6-19-7-9-20-10-8-19;/h3,5,12H,4,6-11H2,1-2H3,(H2,15,16,17);1H. The molecular weight excluding hydrogens is 397 g/mol. The van der Waals surface area contributed by atoms with E-state index in [-0.39, 0.29) is 24.0 Å². The Labute approximate surface area is 149 Å². The van der Waals surface area contributed by atoms with Crippen molar-refractivity contribution in [2.24, 2.45) is 12.0 Å². The van der Waals surface area contributed by atoms with Gasteiger partial charge in [0.25, 0.3) is 0 Å². The van der Waals surface area contributed by atoms with Crippen LogP contribution in [0.2, 0.25) is 0 Å². The minimum atomic E-state index is 0. The zero-order chi connectivity index (χ0) is 14.2. The van der Waals surface area contributed by atoms with Crippen LogP contribution in [0.1, 0.15) is 5.56 Å². The Morgan fingerprint density at radius 1 is 1.33 bits per heavy atom. The lowest BCUT2D eigenvalue weighted by Gasteiger charge is -2.26. The van der Waals surface area contributed by atoms with Crippen molar-refractivity contribution in [1.29, 1.82) is 0 Å². The van der Waals surface area contributed by atoms with Gasteiger partial charge in [0.2, 0.25) is 0 Å². The highest BCUT2D eigenvalue weighted by atomic mass is 127. The second-order valence-corrected chi connectivity index (χ2v) is 6.22. The minimum Gasteiger partial charge on any atom is -0.357 e. The molecule has 1 aromatic rings. The van der Waals surface area contributed by atoms with Crippen LogP contribution in [-0.4, -0.2) is 60.2 Å². The summed E-state index contributed by atoms with van der Waals surface area (Å²) < 4.78 is 2.06. The van der Waals surface area contributed by atoms with Crippen molar-refractivity contribution in [3.63, 3.8) is 0 Å². The van der Waals surface area contributed by atoms with Gasteiger partial charge in [-0.1, -0.05) is 0 Å². The summed E-state index contributed by atoms with van der Waals surface area (Å²) in [4.78, 5) is 6.77. The molecule has 1 fully saturated rings. The van der Waals surface area contributed by atoms with Crippen molar-refractivity contribution in [3.8, 4) is 0 Å². The van der Waals surface area contributed by atoms with E-state index < -0.39 is 0 Å². The van der Waals surface area contributed by atoms with E-state index >= 15 is 0 Å². The maximum atomic E-state index is 4.26. The Balaban J connectivity index is 0.00000220. The number of aryl methyl sites for hydroxylation is 1. The number of thioether (sulfide) groups is 1. The molecule has 120 valence electrons. The van der Waals surface area contributed by atoms with Gasteiger partial charge in [-0.2, -0.15) is 11.8 Å². The average molecular weight is 423 g/mol. The number of hydrogen-bond acceptors (Lipinski definition) is 3. The third-order valence-electron chi connectivity index (χ3n) is 3.40. The second-order valence-electron chi connectivity index (χ2n) is 4.99. The molecule has 5 nitrogen and oxygen atoms in total. The molecule has 0 radical (unpaired) electrons. The number of nitrogens with one attached hydrogen (secondary N) is 2. The van der Waals surface area contributed by atoms with Gasteiger partial charge in [0.1, 0.15) is 0 Å². The van der Waals surface area contributed by atoms with Crippen molar-refractivity contribution in [1.82, 2.24) is 20.1 Å². The topological polar surface area (TPSA) is 44.6 Å². The van der Waals surface area contributed by atoms with Crippen LogP contribution < -0.4 is 10.6 Å². The first-order valence-electron chi connectivity index (χ1n) is 7.13. The molecule has 1 aliphatic heterocycles. The molecule has 0 saturated carbocycles. The van der Waals surface area contributed by atoms with E-state index in [0.717, 1.165) is 25.6 Å². The fourth-order valence-electron chi connectivity index (χ4n) is 2.23. The van der Waals surface area contributed by atoms with E-state index in [2.05, 4.69) is 55.3 Å². The summed E-state index contributed by atoms with van der Waals surface area (Å²) in [7, 11) is 3.85. The Morgan fingerprint density at radius 2 is 2.10 bits per heavy atom. The van der Waals surface area contributed by atoms with Gasteiger partial charge in [0.15, 0.2) is 5.96 Å². The molecule has 0 unspecified atom stereocenters. The summed E-state index contributed by atoms with van der Waals surface area (Å²) in [6.07, 6.45) is 4.17. The van der Waals surface area contributed by atoms with E-state index in [4.69, 9.17) is 0 Å². The van der Waals surface area contributed by atoms with Gasteiger partial charge < -0.3 is 15.2 Å². The predicted octanol–water partition coefficient (Wildman–Crippen LogP) is 1.36. The molecule has 0 bridgehead atoms. The Hall–Kier alpha value is -0.410. The van der Waals surface area contributed by atoms with Crippen molar-refractivity contribution in [3.05, 3.63) is 24.0 Å². The second kappa shape index (κ2) is 10.3. The van der Waals surface area contributed by atoms with E-state index in [0.29, 0.717) is 0 Å². The quantitative estimate of drug-likeness (QED) is 0.427. The van der Waals surface area contributed by atoms with Crippen LogP contribution in [-0.2, 0) is 13.6 Å². The molecule has 2 N–H and O–H groups in total. The average Bonchev–Trinajstić information content (AvgIpc) is 2.89. The largest absolute Gasteiger partial charge is 0.357 e. The number of nitrogens with zero attached hydrogens (tertiary/aromatic N) is 3. The first-order chi connectivity index (χ1) is 9.78. The van der Waals surface area contributed by atoms with Gasteiger partial charge in [-0.3, -0.25) is 9.89 Å². The van der Waals surface area contributed by atoms with Crippen molar-refractivity contribution >= 4 is 41.7 Å². The van der Waals surface area contributed by atoms with Gasteiger partial charge in [-0.15, -0.1) is 24.0 Å². The lowest BCUT2D eigenvalue weighted by atomic mass is 10.3. The lowest BCUT2D eigenvalue weighted by Crippen LogP contribution is -2.43. The maximum absolute atomic E-state index is 4.26. The van der Waals surface area contributed by atoms with Crippen LogP contribution in [0.4, 0.5) is 0 Å². The molecule has 0 atom stereocenters. The van der Waals surface area contributed by atoms with Crippen molar-refractivity contribution in [2.75, 3.05) is 44.7 Å². The molecule has 0 amide bonds. The highest BCUT2D eigenvalue weighted by Gasteiger charge is 2.09. The highest BCUT2D eigenvalue weighted by Crippen LogP contribution is 2.07. The molecule has 2 heterocycles. The summed E-state index contributed by atoms with van der Waals surface area (Å²) in [6.45, 7) is 5.26. The number of guanidine groups is 1. The summed E-state index contributed by atoms with van der Waals surface area (Å²) in [5.41, 5.74) is 1.27. The molecular formula is C14H26IN5S. The predicted molar refractivity (Wildman–Crippen MR) is 103 cm³/mol. The Bertz CT molecular complexity index is 429. The molecule has 0 aliphatic carbocycles. The van der Waals surface area contributed by atoms with Crippen LogP contribution in [0.25, 0.3) is 0 Å². The van der Waals surface area contributed by atoms with Crippen LogP contribution in [0.15, 0.2) is 23.5 Å². The fraction of sp³-hybridized carbons (Fsp3) is 0.643. The van der Waals surface area contributed by atoms with Gasteiger partial charge in [0.05, 0.1) is 0 Å². The fourth-order valence-corrected chi connectivity index (χ4v) is 3.21. The highest BCUT2D eigenvalue weighted by molar-refractivity contribution is 14.0. The maximum Gasteiger partial charge on any atom is 0.191 e. The summed E-state index contributed by atoms with van der Waals surface area (Å²) >= 11 is 2.05. The van der Waals surface area contributed by atoms with E-state index in [1.54, 1.807) is 0 Å². The van der Waals surface area contributed by atoms with Gasteiger partial charge in [0, 0.05) is 70.7 Å². The smallest absolute Gasteiger partial charge is 0.191 e. The van der Waals surface area contributed by atoms with Gasteiger partial charge in [-0.25, -0.2) is 0 Å². The number of hydrogen-bond donors (Lipinski definition) is 2. The number of halogens is 1. The number of aliphatic imine (C=N–C) groups is 1. The molecule has 0 aromatic carbocycles. The molecule has 7 heteroatoms. The molecule has 21 heavy (non-hydrogen) atoms. The van der Waals surface area contributed by atoms with Crippen LogP contribution in [0.3, 0.4) is 0 Å². The van der Waals surface area contributed by atoms with Crippen LogP contribution in [0.5, 0.6) is 0 Å². The Morgan fingerprint density at radius 3 is 2.71 bits per heavy atom. The number of aromatic nitrogens is 1. The molecule has 0 spiro atoms. The third-order valence-corrected chi connectivity index (χ3v) is 4.34. The van der Waals surface area contributed by atoms with E-state index in [9.17, 15) is 0 Å². The summed E-state index contributed by atoms with van der Waals surface area (Å²) in [5.74, 6) is 3.40. The Kier molecular flexibility index (Phi) is 9.18. The normalized spacial score (nSPS) is 16.4. The van der Waals surface area contributed by atoms with Crippen LogP contribution >= 0.6 is 35.7 Å². The van der Waals surface area contributed by atoms with Crippen molar-refractivity contribution < 1.29 is 0 Å². The number of rotatable bonds is 5. The third kappa shape index (κ3) is 6.92. The molecule has 2 rings (SSSR count).